The molecule has 0 fully saturated rings. The van der Waals surface area contributed by atoms with Gasteiger partial charge < -0.3 is 14.8 Å². The highest BCUT2D eigenvalue weighted by molar-refractivity contribution is 9.10. The van der Waals surface area contributed by atoms with Crippen molar-refractivity contribution in [1.82, 2.24) is 19.9 Å². The summed E-state index contributed by atoms with van der Waals surface area (Å²) in [6.07, 6.45) is -0.562. The summed E-state index contributed by atoms with van der Waals surface area (Å²) in [7, 11) is 0. The van der Waals surface area contributed by atoms with Crippen molar-refractivity contribution in [2.45, 2.75) is 85.6 Å². The van der Waals surface area contributed by atoms with Crippen LogP contribution in [0, 0.1) is 6.92 Å². The Kier molecular flexibility index (Phi) is 8.81. The van der Waals surface area contributed by atoms with Gasteiger partial charge in [0, 0.05) is 10.9 Å². The van der Waals surface area contributed by atoms with Crippen molar-refractivity contribution in [3.05, 3.63) is 43.4 Å². The number of nitrogens with zero attached hydrogens (tertiary/aromatic N) is 4. The average molecular weight is 615 g/mol. The normalized spacial score (nSPS) is 12.9. The standard InChI is InChI=1S/C25H33BrClN5O4S/c1-14(28-22(33)35-24(3,4)5)12-17-15(2)18-20(29-21(27)30-32(18)19(17)26)31(13-16-10-9-11-37-16)23(34)36-25(6,7)8/h9-11,14H,12-13H2,1-8H3,(H,28,33)/t14-/m0/s1. The lowest BCUT2D eigenvalue weighted by atomic mass is 10.1. The number of aryl methyl sites for hydroxylation is 1. The molecule has 3 heterocycles. The van der Waals surface area contributed by atoms with Crippen LogP contribution in [-0.2, 0) is 22.4 Å². The lowest BCUT2D eigenvalue weighted by molar-refractivity contribution is 0.0506. The summed E-state index contributed by atoms with van der Waals surface area (Å²) in [6.45, 7) is 15.0. The van der Waals surface area contributed by atoms with E-state index in [1.165, 1.54) is 16.2 Å². The Balaban J connectivity index is 2.05. The van der Waals surface area contributed by atoms with Crippen LogP contribution in [0.2, 0.25) is 5.28 Å². The molecule has 0 unspecified atom stereocenters. The molecule has 1 atom stereocenters. The summed E-state index contributed by atoms with van der Waals surface area (Å²) in [5, 5.41) is 9.18. The summed E-state index contributed by atoms with van der Waals surface area (Å²) in [5.41, 5.74) is 1.04. The molecule has 12 heteroatoms. The maximum absolute atomic E-state index is 13.4. The highest BCUT2D eigenvalue weighted by Crippen LogP contribution is 2.35. The van der Waals surface area contributed by atoms with Crippen LogP contribution in [0.3, 0.4) is 0 Å². The first-order valence-corrected chi connectivity index (χ1v) is 13.9. The Morgan fingerprint density at radius 1 is 1.22 bits per heavy atom. The minimum Gasteiger partial charge on any atom is -0.444 e. The van der Waals surface area contributed by atoms with Crippen molar-refractivity contribution in [2.24, 2.45) is 0 Å². The van der Waals surface area contributed by atoms with Gasteiger partial charge in [-0.2, -0.15) is 4.98 Å². The first-order chi connectivity index (χ1) is 17.1. The molecule has 0 spiro atoms. The molecule has 3 aromatic heterocycles. The monoisotopic (exact) mass is 613 g/mol. The number of anilines is 1. The van der Waals surface area contributed by atoms with Gasteiger partial charge in [0.05, 0.1) is 6.54 Å². The van der Waals surface area contributed by atoms with Gasteiger partial charge in [-0.15, -0.1) is 16.4 Å². The van der Waals surface area contributed by atoms with Crippen molar-refractivity contribution >= 4 is 62.4 Å². The van der Waals surface area contributed by atoms with Crippen LogP contribution in [0.4, 0.5) is 15.4 Å². The molecule has 3 aromatic rings. The SMILES string of the molecule is Cc1c(C[C@H](C)NC(=O)OC(C)(C)C)c(Br)n2nc(Cl)nc(N(Cc3cccs3)C(=O)OC(C)(C)C)c12. The number of halogens is 2. The van der Waals surface area contributed by atoms with Gasteiger partial charge in [0.15, 0.2) is 5.82 Å². The Bertz CT molecular complexity index is 1280. The summed E-state index contributed by atoms with van der Waals surface area (Å²) in [6, 6.07) is 3.62. The topological polar surface area (TPSA) is 98.1 Å². The third kappa shape index (κ3) is 7.58. The Labute approximate surface area is 234 Å². The predicted molar refractivity (Wildman–Crippen MR) is 150 cm³/mol. The number of carbonyl (C=O) groups is 2. The van der Waals surface area contributed by atoms with Gasteiger partial charge in [-0.25, -0.2) is 14.1 Å². The van der Waals surface area contributed by atoms with E-state index in [1.54, 1.807) is 4.52 Å². The van der Waals surface area contributed by atoms with Gasteiger partial charge in [0.1, 0.15) is 21.3 Å². The maximum atomic E-state index is 13.4. The molecule has 1 N–H and O–H groups in total. The van der Waals surface area contributed by atoms with E-state index in [0.717, 1.165) is 16.0 Å². The van der Waals surface area contributed by atoms with E-state index in [4.69, 9.17) is 21.1 Å². The van der Waals surface area contributed by atoms with Gasteiger partial charge in [-0.05, 0) is 112 Å². The molecule has 3 rings (SSSR count). The number of aromatic nitrogens is 3. The highest BCUT2D eigenvalue weighted by atomic mass is 79.9. The number of hydrogen-bond acceptors (Lipinski definition) is 7. The predicted octanol–water partition coefficient (Wildman–Crippen LogP) is 6.91. The van der Waals surface area contributed by atoms with E-state index in [1.807, 2.05) is 72.9 Å². The zero-order chi connectivity index (χ0) is 27.7. The molecule has 0 saturated heterocycles. The minimum absolute atomic E-state index is 0.0237. The van der Waals surface area contributed by atoms with Crippen LogP contribution in [-0.4, -0.2) is 44.0 Å². The van der Waals surface area contributed by atoms with Gasteiger partial charge in [-0.1, -0.05) is 6.07 Å². The Hall–Kier alpha value is -2.37. The zero-order valence-corrected chi connectivity index (χ0v) is 25.5. The molecule has 0 saturated carbocycles. The lowest BCUT2D eigenvalue weighted by Crippen LogP contribution is -2.38. The minimum atomic E-state index is -0.705. The summed E-state index contributed by atoms with van der Waals surface area (Å²) in [4.78, 5) is 32.6. The molecule has 37 heavy (non-hydrogen) atoms. The molecule has 0 radical (unpaired) electrons. The fraction of sp³-hybridized carbons (Fsp3) is 0.520. The number of rotatable bonds is 6. The maximum Gasteiger partial charge on any atom is 0.416 e. The van der Waals surface area contributed by atoms with E-state index in [-0.39, 0.29) is 17.9 Å². The molecule has 2 amide bonds. The molecule has 0 aliphatic heterocycles. The van der Waals surface area contributed by atoms with Crippen LogP contribution in [0.1, 0.15) is 64.5 Å². The molecule has 9 nitrogen and oxygen atoms in total. The number of hydrogen-bond donors (Lipinski definition) is 1. The third-order valence-electron chi connectivity index (χ3n) is 5.08. The van der Waals surface area contributed by atoms with Crippen molar-refractivity contribution in [3.8, 4) is 0 Å². The first-order valence-electron chi connectivity index (χ1n) is 11.8. The van der Waals surface area contributed by atoms with Crippen LogP contribution in [0.25, 0.3) is 5.52 Å². The second-order valence-electron chi connectivity index (χ2n) is 10.8. The highest BCUT2D eigenvalue weighted by Gasteiger charge is 2.30. The molecule has 0 aromatic carbocycles. The van der Waals surface area contributed by atoms with Crippen molar-refractivity contribution in [1.29, 1.82) is 0 Å². The van der Waals surface area contributed by atoms with Gasteiger partial charge in [0.25, 0.3) is 0 Å². The Morgan fingerprint density at radius 2 is 1.86 bits per heavy atom. The van der Waals surface area contributed by atoms with Crippen molar-refractivity contribution in [2.75, 3.05) is 4.90 Å². The molecule has 0 aliphatic rings. The number of thiophene rings is 1. The first kappa shape index (κ1) is 29.2. The third-order valence-corrected chi connectivity index (χ3v) is 6.92. The molecule has 202 valence electrons. The number of ether oxygens (including phenoxy) is 2. The Morgan fingerprint density at radius 3 is 2.43 bits per heavy atom. The summed E-state index contributed by atoms with van der Waals surface area (Å²) >= 11 is 11.5. The number of carbonyl (C=O) groups excluding carboxylic acids is 2. The van der Waals surface area contributed by atoms with Crippen molar-refractivity contribution in [3.63, 3.8) is 0 Å². The van der Waals surface area contributed by atoms with E-state index in [9.17, 15) is 9.59 Å². The van der Waals surface area contributed by atoms with E-state index in [2.05, 4.69) is 31.3 Å². The van der Waals surface area contributed by atoms with Crippen molar-refractivity contribution < 1.29 is 19.1 Å². The lowest BCUT2D eigenvalue weighted by Gasteiger charge is -2.27. The van der Waals surface area contributed by atoms with Gasteiger partial charge in [0.2, 0.25) is 5.28 Å². The van der Waals surface area contributed by atoms with Gasteiger partial charge in [-0.3, -0.25) is 4.90 Å². The average Bonchev–Trinajstić information content (AvgIpc) is 3.31. The second-order valence-corrected chi connectivity index (χ2v) is 12.9. The molecule has 0 bridgehead atoms. The largest absolute Gasteiger partial charge is 0.444 e. The van der Waals surface area contributed by atoms with Crippen LogP contribution < -0.4 is 10.2 Å². The van der Waals surface area contributed by atoms with E-state index < -0.39 is 23.4 Å². The summed E-state index contributed by atoms with van der Waals surface area (Å²) in [5.74, 6) is 0.333. The van der Waals surface area contributed by atoms with E-state index in [0.29, 0.717) is 22.4 Å². The number of fused-ring (bicyclic) bond motifs is 1. The summed E-state index contributed by atoms with van der Waals surface area (Å²) < 4.78 is 13.4. The molecular weight excluding hydrogens is 582 g/mol. The fourth-order valence-corrected chi connectivity index (χ4v) is 5.24. The molecular formula is C25H33BrClN5O4S. The van der Waals surface area contributed by atoms with Gasteiger partial charge >= 0.3 is 12.2 Å². The zero-order valence-electron chi connectivity index (χ0n) is 22.3. The van der Waals surface area contributed by atoms with Crippen LogP contribution in [0.15, 0.2) is 22.1 Å². The number of amides is 2. The second kappa shape index (κ2) is 11.2. The molecule has 0 aliphatic carbocycles. The quantitative estimate of drug-likeness (QED) is 0.324. The smallest absolute Gasteiger partial charge is 0.416 e. The fourth-order valence-electron chi connectivity index (χ4n) is 3.68. The number of alkyl carbamates (subject to hydrolysis) is 1. The van der Waals surface area contributed by atoms with Crippen LogP contribution >= 0.6 is 38.9 Å². The number of nitrogens with one attached hydrogen (secondary N) is 1. The van der Waals surface area contributed by atoms with Crippen LogP contribution in [0.5, 0.6) is 0 Å². The van der Waals surface area contributed by atoms with E-state index >= 15 is 0 Å².